The average molecular weight is 358 g/mol. The molecule has 3 fully saturated rings. The summed E-state index contributed by atoms with van der Waals surface area (Å²) in [5.74, 6) is 1.73. The van der Waals surface area contributed by atoms with Crippen molar-refractivity contribution < 1.29 is 4.79 Å². The van der Waals surface area contributed by atoms with E-state index in [0.29, 0.717) is 17.6 Å². The molecule has 0 aromatic rings. The molecule has 0 spiro atoms. The first-order valence-corrected chi connectivity index (χ1v) is 11.0. The Bertz CT molecular complexity index is 663. The Kier molecular flexibility index (Phi) is 3.93. The molecule has 0 unspecified atom stereocenters. The van der Waals surface area contributed by atoms with Crippen LogP contribution in [-0.2, 0) is 4.79 Å². The lowest BCUT2D eigenvalue weighted by Crippen LogP contribution is -2.66. The Hall–Kier alpha value is -0.630. The van der Waals surface area contributed by atoms with E-state index in [1.54, 1.807) is 0 Å². The van der Waals surface area contributed by atoms with Crippen LogP contribution < -0.4 is 5.73 Å². The highest BCUT2D eigenvalue weighted by Crippen LogP contribution is 2.72. The molecule has 2 nitrogen and oxygen atoms in total. The van der Waals surface area contributed by atoms with Crippen LogP contribution in [0.15, 0.2) is 11.6 Å². The number of hydrogen-bond donors (Lipinski definition) is 1. The van der Waals surface area contributed by atoms with Crippen molar-refractivity contribution in [3.63, 3.8) is 0 Å². The third-order valence-corrected chi connectivity index (χ3v) is 10.2. The second-order valence-electron chi connectivity index (χ2n) is 11.5. The summed E-state index contributed by atoms with van der Waals surface area (Å²) in [4.78, 5) is 13.6. The maximum absolute atomic E-state index is 13.6. The number of rotatable bonds is 0. The molecule has 2 heteroatoms. The van der Waals surface area contributed by atoms with Crippen molar-refractivity contribution in [3.8, 4) is 0 Å². The first-order valence-electron chi connectivity index (χ1n) is 11.0. The molecule has 0 aromatic carbocycles. The fourth-order valence-corrected chi connectivity index (χ4v) is 8.48. The van der Waals surface area contributed by atoms with E-state index in [2.05, 4.69) is 47.6 Å². The van der Waals surface area contributed by atoms with Gasteiger partial charge in [-0.3, -0.25) is 4.79 Å². The minimum Gasteiger partial charge on any atom is -0.327 e. The van der Waals surface area contributed by atoms with E-state index in [1.807, 2.05) is 0 Å². The molecule has 3 saturated carbocycles. The van der Waals surface area contributed by atoms with Crippen molar-refractivity contribution in [1.82, 2.24) is 0 Å². The molecule has 2 N–H and O–H groups in total. The average Bonchev–Trinajstić information content (AvgIpc) is 2.54. The highest BCUT2D eigenvalue weighted by atomic mass is 16.1. The van der Waals surface area contributed by atoms with Crippen LogP contribution in [-0.4, -0.2) is 11.8 Å². The summed E-state index contributed by atoms with van der Waals surface area (Å²) in [6.07, 6.45) is 10.5. The fourth-order valence-electron chi connectivity index (χ4n) is 8.48. The maximum atomic E-state index is 13.6. The summed E-state index contributed by atoms with van der Waals surface area (Å²) in [6, 6.07) is 0.264. The van der Waals surface area contributed by atoms with Crippen LogP contribution in [0.2, 0.25) is 0 Å². The third-order valence-electron chi connectivity index (χ3n) is 10.2. The van der Waals surface area contributed by atoms with Gasteiger partial charge in [0.05, 0.1) is 0 Å². The van der Waals surface area contributed by atoms with Gasteiger partial charge in [-0.05, 0) is 78.1 Å². The summed E-state index contributed by atoms with van der Waals surface area (Å²) in [7, 11) is 0. The minimum absolute atomic E-state index is 0.0924. The maximum Gasteiger partial charge on any atom is 0.159 e. The van der Waals surface area contributed by atoms with Crippen LogP contribution in [0.25, 0.3) is 0 Å². The zero-order chi connectivity index (χ0) is 19.1. The number of nitrogens with two attached hydrogens (primary N) is 1. The predicted octanol–water partition coefficient (Wildman–Crippen LogP) is 5.51. The van der Waals surface area contributed by atoms with Gasteiger partial charge in [0.1, 0.15) is 0 Å². The van der Waals surface area contributed by atoms with E-state index in [-0.39, 0.29) is 33.6 Å². The van der Waals surface area contributed by atoms with Crippen molar-refractivity contribution in [2.45, 2.75) is 92.5 Å². The van der Waals surface area contributed by atoms with Gasteiger partial charge in [0, 0.05) is 12.0 Å². The van der Waals surface area contributed by atoms with Crippen LogP contribution in [0, 0.1) is 39.4 Å². The van der Waals surface area contributed by atoms with E-state index >= 15 is 0 Å². The van der Waals surface area contributed by atoms with Gasteiger partial charge >= 0.3 is 0 Å². The number of allylic oxidation sites excluding steroid dienone is 2. The van der Waals surface area contributed by atoms with Gasteiger partial charge in [-0.1, -0.05) is 53.5 Å². The van der Waals surface area contributed by atoms with Crippen LogP contribution in [0.3, 0.4) is 0 Å². The number of carbonyl (C=O) groups excluding carboxylic acids is 1. The topological polar surface area (TPSA) is 43.1 Å². The van der Waals surface area contributed by atoms with Gasteiger partial charge < -0.3 is 5.73 Å². The molecule has 0 bridgehead atoms. The van der Waals surface area contributed by atoms with Crippen molar-refractivity contribution in [2.24, 2.45) is 45.1 Å². The van der Waals surface area contributed by atoms with Gasteiger partial charge in [-0.15, -0.1) is 0 Å². The number of fused-ring (bicyclic) bond motifs is 5. The SMILES string of the molecule is C[C@@H]1CCC[C@]2(C)C1=CC(=O)[C@@H]1[C@@]3(C)CC[C@H](N)C(C)(C)[C@@H]3CC[C@]12C. The smallest absolute Gasteiger partial charge is 0.159 e. The molecule has 4 aliphatic rings. The molecule has 146 valence electrons. The zero-order valence-electron chi connectivity index (χ0n) is 17.8. The Morgan fingerprint density at radius 2 is 1.69 bits per heavy atom. The zero-order valence-corrected chi connectivity index (χ0v) is 17.8. The minimum atomic E-state index is 0.0924. The Morgan fingerprint density at radius 1 is 1.00 bits per heavy atom. The second-order valence-corrected chi connectivity index (χ2v) is 11.5. The van der Waals surface area contributed by atoms with Crippen LogP contribution in [0.4, 0.5) is 0 Å². The Morgan fingerprint density at radius 3 is 2.38 bits per heavy atom. The van der Waals surface area contributed by atoms with Crippen molar-refractivity contribution in [1.29, 1.82) is 0 Å². The molecule has 0 heterocycles. The molecule has 7 atom stereocenters. The van der Waals surface area contributed by atoms with E-state index < -0.39 is 0 Å². The van der Waals surface area contributed by atoms with Crippen molar-refractivity contribution in [3.05, 3.63) is 11.6 Å². The lowest BCUT2D eigenvalue weighted by Gasteiger charge is -2.69. The lowest BCUT2D eigenvalue weighted by atomic mass is 9.35. The van der Waals surface area contributed by atoms with Crippen LogP contribution in [0.1, 0.15) is 86.5 Å². The first-order chi connectivity index (χ1) is 12.0. The van der Waals surface area contributed by atoms with E-state index in [0.717, 1.165) is 12.8 Å². The number of ketones is 1. The molecule has 4 aliphatic carbocycles. The standard InChI is InChI=1S/C24H39NO/c1-15-8-7-11-23(5)16(15)14-17(26)20-22(4)12-10-19(25)21(2,3)18(22)9-13-24(20,23)6/h14-15,18-20H,7-13,25H2,1-6H3/t15-,18+,19+,20-,22+,23-,24-/m1/s1. The molecule has 0 amide bonds. The summed E-state index contributed by atoms with van der Waals surface area (Å²) < 4.78 is 0. The van der Waals surface area contributed by atoms with Gasteiger partial charge in [-0.25, -0.2) is 0 Å². The molecule has 0 aliphatic heterocycles. The Balaban J connectivity index is 1.86. The number of carbonyl (C=O) groups is 1. The lowest BCUT2D eigenvalue weighted by molar-refractivity contribution is -0.181. The van der Waals surface area contributed by atoms with E-state index in [9.17, 15) is 4.79 Å². The molecule has 26 heavy (non-hydrogen) atoms. The summed E-state index contributed by atoms with van der Waals surface area (Å²) >= 11 is 0. The third kappa shape index (κ3) is 2.06. The largest absolute Gasteiger partial charge is 0.327 e. The van der Waals surface area contributed by atoms with Crippen molar-refractivity contribution >= 4 is 5.78 Å². The highest BCUT2D eigenvalue weighted by molar-refractivity contribution is 5.95. The van der Waals surface area contributed by atoms with Crippen LogP contribution in [0.5, 0.6) is 0 Å². The molecular weight excluding hydrogens is 318 g/mol. The second kappa shape index (κ2) is 5.46. The van der Waals surface area contributed by atoms with Gasteiger partial charge in [0.15, 0.2) is 5.78 Å². The van der Waals surface area contributed by atoms with Crippen LogP contribution >= 0.6 is 0 Å². The molecule has 0 radical (unpaired) electrons. The normalized spacial score (nSPS) is 53.2. The van der Waals surface area contributed by atoms with Gasteiger partial charge in [0.25, 0.3) is 0 Å². The predicted molar refractivity (Wildman–Crippen MR) is 108 cm³/mol. The summed E-state index contributed by atoms with van der Waals surface area (Å²) in [6.45, 7) is 14.5. The summed E-state index contributed by atoms with van der Waals surface area (Å²) in [5, 5.41) is 0. The quantitative estimate of drug-likeness (QED) is 0.621. The van der Waals surface area contributed by atoms with Gasteiger partial charge in [0.2, 0.25) is 0 Å². The molecule has 4 rings (SSSR count). The Labute approximate surface area is 160 Å². The monoisotopic (exact) mass is 357 g/mol. The first kappa shape index (κ1) is 18.7. The summed E-state index contributed by atoms with van der Waals surface area (Å²) in [5.41, 5.74) is 8.56. The molecule has 0 saturated heterocycles. The van der Waals surface area contributed by atoms with E-state index in [1.165, 1.54) is 37.7 Å². The van der Waals surface area contributed by atoms with E-state index in [4.69, 9.17) is 5.73 Å². The fraction of sp³-hybridized carbons (Fsp3) is 0.875. The van der Waals surface area contributed by atoms with Crippen molar-refractivity contribution in [2.75, 3.05) is 0 Å². The molecule has 0 aromatic heterocycles. The number of hydrogen-bond acceptors (Lipinski definition) is 2. The highest BCUT2D eigenvalue weighted by Gasteiger charge is 2.67. The molecular formula is C24H39NO. The van der Waals surface area contributed by atoms with Gasteiger partial charge in [-0.2, -0.15) is 0 Å².